The van der Waals surface area contributed by atoms with Crippen molar-refractivity contribution >= 4 is 29.0 Å². The minimum atomic E-state index is 0.699. The van der Waals surface area contributed by atoms with Gasteiger partial charge in [0, 0.05) is 11.6 Å². The third-order valence-corrected chi connectivity index (χ3v) is 2.96. The number of para-hydroxylation sites is 1. The van der Waals surface area contributed by atoms with Crippen LogP contribution < -0.4 is 5.43 Å². The molecule has 3 rings (SSSR count). The van der Waals surface area contributed by atoms with Crippen molar-refractivity contribution in [2.75, 3.05) is 5.43 Å². The lowest BCUT2D eigenvalue weighted by Crippen LogP contribution is -1.94. The Morgan fingerprint density at radius 1 is 0.905 bits per heavy atom. The molecule has 0 amide bonds. The van der Waals surface area contributed by atoms with Crippen LogP contribution in [0, 0.1) is 0 Å². The summed E-state index contributed by atoms with van der Waals surface area (Å²) in [7, 11) is 0. The Morgan fingerprint density at radius 2 is 1.71 bits per heavy atom. The van der Waals surface area contributed by atoms with E-state index in [1.807, 2.05) is 66.7 Å². The topological polar surface area (TPSA) is 50.2 Å². The first-order valence-electron chi connectivity index (χ1n) is 6.64. The van der Waals surface area contributed by atoms with E-state index in [0.717, 1.165) is 16.5 Å². The number of rotatable bonds is 4. The third kappa shape index (κ3) is 3.30. The SMILES string of the molecule is C(=C\c1ccccc1)/C=N/Nc1ncnc2ccccc12. The van der Waals surface area contributed by atoms with Crippen LogP contribution in [0.25, 0.3) is 17.0 Å². The normalized spacial score (nSPS) is 11.4. The number of nitrogens with one attached hydrogen (secondary N) is 1. The number of nitrogens with zero attached hydrogens (tertiary/aromatic N) is 3. The van der Waals surface area contributed by atoms with E-state index in [2.05, 4.69) is 20.5 Å². The highest BCUT2D eigenvalue weighted by Gasteiger charge is 1.99. The van der Waals surface area contributed by atoms with Crippen LogP contribution in [-0.4, -0.2) is 16.2 Å². The molecule has 1 N–H and O–H groups in total. The average molecular weight is 274 g/mol. The summed E-state index contributed by atoms with van der Waals surface area (Å²) in [4.78, 5) is 8.41. The molecule has 0 aliphatic carbocycles. The summed E-state index contributed by atoms with van der Waals surface area (Å²) in [6.45, 7) is 0. The number of hydrazone groups is 1. The van der Waals surface area contributed by atoms with Crippen molar-refractivity contribution in [2.24, 2.45) is 5.10 Å². The quantitative estimate of drug-likeness (QED) is 0.582. The van der Waals surface area contributed by atoms with E-state index in [4.69, 9.17) is 0 Å². The van der Waals surface area contributed by atoms with Crippen molar-refractivity contribution in [3.05, 3.63) is 72.6 Å². The molecule has 102 valence electrons. The zero-order chi connectivity index (χ0) is 14.3. The van der Waals surface area contributed by atoms with Gasteiger partial charge in [-0.15, -0.1) is 0 Å². The van der Waals surface area contributed by atoms with Crippen LogP contribution in [0.3, 0.4) is 0 Å². The fourth-order valence-electron chi connectivity index (χ4n) is 1.95. The molecule has 1 heterocycles. The molecule has 0 aliphatic rings. The standard InChI is InChI=1S/C17H14N4/c1-2-7-14(8-3-1)9-6-12-20-21-17-15-10-4-5-11-16(15)18-13-19-17/h1-13H,(H,18,19,21)/b9-6+,20-12+. The van der Waals surface area contributed by atoms with Crippen LogP contribution in [0.4, 0.5) is 5.82 Å². The lowest BCUT2D eigenvalue weighted by Gasteiger charge is -2.02. The van der Waals surface area contributed by atoms with Gasteiger partial charge in [-0.2, -0.15) is 5.10 Å². The number of allylic oxidation sites excluding steroid dienone is 1. The minimum absolute atomic E-state index is 0.699. The maximum absolute atomic E-state index is 4.21. The predicted octanol–water partition coefficient (Wildman–Crippen LogP) is 3.74. The highest BCUT2D eigenvalue weighted by molar-refractivity contribution is 5.89. The van der Waals surface area contributed by atoms with Crippen molar-refractivity contribution in [3.63, 3.8) is 0 Å². The fraction of sp³-hybridized carbons (Fsp3) is 0. The molecule has 4 heteroatoms. The summed E-state index contributed by atoms with van der Waals surface area (Å²) in [6, 6.07) is 17.9. The number of fused-ring (bicyclic) bond motifs is 1. The Bertz CT molecular complexity index is 774. The largest absolute Gasteiger partial charge is 0.261 e. The van der Waals surface area contributed by atoms with Crippen LogP contribution in [-0.2, 0) is 0 Å². The average Bonchev–Trinajstić information content (AvgIpc) is 2.56. The van der Waals surface area contributed by atoms with E-state index in [1.54, 1.807) is 6.21 Å². The van der Waals surface area contributed by atoms with Gasteiger partial charge in [0.2, 0.25) is 0 Å². The number of hydrogen-bond acceptors (Lipinski definition) is 4. The summed E-state index contributed by atoms with van der Waals surface area (Å²) in [5.74, 6) is 0.699. The van der Waals surface area contributed by atoms with Crippen LogP contribution in [0.1, 0.15) is 5.56 Å². The molecule has 0 radical (unpaired) electrons. The van der Waals surface area contributed by atoms with E-state index in [-0.39, 0.29) is 0 Å². The first-order valence-corrected chi connectivity index (χ1v) is 6.64. The molecule has 0 aliphatic heterocycles. The molecule has 0 saturated carbocycles. The highest BCUT2D eigenvalue weighted by Crippen LogP contribution is 2.17. The van der Waals surface area contributed by atoms with Gasteiger partial charge in [-0.25, -0.2) is 9.97 Å². The van der Waals surface area contributed by atoms with Gasteiger partial charge in [0.1, 0.15) is 6.33 Å². The van der Waals surface area contributed by atoms with Crippen LogP contribution in [0.2, 0.25) is 0 Å². The summed E-state index contributed by atoms with van der Waals surface area (Å²) < 4.78 is 0. The minimum Gasteiger partial charge on any atom is -0.261 e. The van der Waals surface area contributed by atoms with Gasteiger partial charge in [0.15, 0.2) is 5.82 Å². The van der Waals surface area contributed by atoms with Gasteiger partial charge in [-0.05, 0) is 23.8 Å². The zero-order valence-corrected chi connectivity index (χ0v) is 11.3. The second-order valence-electron chi connectivity index (χ2n) is 4.40. The number of anilines is 1. The number of hydrogen-bond donors (Lipinski definition) is 1. The molecular formula is C17H14N4. The van der Waals surface area contributed by atoms with Crippen molar-refractivity contribution in [1.29, 1.82) is 0 Å². The molecule has 0 bridgehead atoms. The summed E-state index contributed by atoms with van der Waals surface area (Å²) >= 11 is 0. The van der Waals surface area contributed by atoms with Crippen molar-refractivity contribution < 1.29 is 0 Å². The Morgan fingerprint density at radius 3 is 2.62 bits per heavy atom. The van der Waals surface area contributed by atoms with Gasteiger partial charge in [-0.1, -0.05) is 48.5 Å². The Hall–Kier alpha value is -3.01. The highest BCUT2D eigenvalue weighted by atomic mass is 15.3. The Balaban J connectivity index is 1.69. The molecular weight excluding hydrogens is 260 g/mol. The molecule has 0 fully saturated rings. The zero-order valence-electron chi connectivity index (χ0n) is 11.3. The van der Waals surface area contributed by atoms with Gasteiger partial charge in [0.05, 0.1) is 5.52 Å². The first kappa shape index (κ1) is 13.0. The van der Waals surface area contributed by atoms with Crippen molar-refractivity contribution in [2.45, 2.75) is 0 Å². The van der Waals surface area contributed by atoms with E-state index < -0.39 is 0 Å². The summed E-state index contributed by atoms with van der Waals surface area (Å²) in [6.07, 6.45) is 7.10. The first-order chi connectivity index (χ1) is 10.4. The molecule has 2 aromatic carbocycles. The molecule has 0 saturated heterocycles. The number of aromatic nitrogens is 2. The number of benzene rings is 2. The van der Waals surface area contributed by atoms with Gasteiger partial charge < -0.3 is 0 Å². The molecule has 4 nitrogen and oxygen atoms in total. The maximum atomic E-state index is 4.21. The molecule has 0 atom stereocenters. The Labute approximate surface area is 122 Å². The van der Waals surface area contributed by atoms with E-state index in [1.165, 1.54) is 6.33 Å². The third-order valence-electron chi connectivity index (χ3n) is 2.96. The predicted molar refractivity (Wildman–Crippen MR) is 87.1 cm³/mol. The summed E-state index contributed by atoms with van der Waals surface area (Å²) in [5, 5.41) is 5.10. The lowest BCUT2D eigenvalue weighted by molar-refractivity contribution is 1.18. The van der Waals surface area contributed by atoms with Crippen molar-refractivity contribution in [1.82, 2.24) is 9.97 Å². The molecule has 0 spiro atoms. The molecule has 0 unspecified atom stereocenters. The lowest BCUT2D eigenvalue weighted by atomic mass is 10.2. The maximum Gasteiger partial charge on any atom is 0.157 e. The smallest absolute Gasteiger partial charge is 0.157 e. The second kappa shape index (κ2) is 6.43. The van der Waals surface area contributed by atoms with Crippen LogP contribution in [0.15, 0.2) is 72.1 Å². The fourth-order valence-corrected chi connectivity index (χ4v) is 1.95. The monoisotopic (exact) mass is 274 g/mol. The van der Waals surface area contributed by atoms with Crippen molar-refractivity contribution in [3.8, 4) is 0 Å². The molecule has 3 aromatic rings. The van der Waals surface area contributed by atoms with Gasteiger partial charge in [-0.3, -0.25) is 5.43 Å². The van der Waals surface area contributed by atoms with E-state index in [9.17, 15) is 0 Å². The van der Waals surface area contributed by atoms with Gasteiger partial charge in [0.25, 0.3) is 0 Å². The van der Waals surface area contributed by atoms with E-state index >= 15 is 0 Å². The molecule has 21 heavy (non-hydrogen) atoms. The second-order valence-corrected chi connectivity index (χ2v) is 4.40. The van der Waals surface area contributed by atoms with Crippen LogP contribution in [0.5, 0.6) is 0 Å². The molecule has 1 aromatic heterocycles. The van der Waals surface area contributed by atoms with E-state index in [0.29, 0.717) is 5.82 Å². The Kier molecular flexibility index (Phi) is 3.98. The summed E-state index contributed by atoms with van der Waals surface area (Å²) in [5.41, 5.74) is 4.97. The van der Waals surface area contributed by atoms with Gasteiger partial charge >= 0.3 is 0 Å². The van der Waals surface area contributed by atoms with Crippen LogP contribution >= 0.6 is 0 Å².